The molecule has 6 nitrogen and oxygen atoms in total. The molecule has 2 aliphatic rings. The second kappa shape index (κ2) is 5.58. The number of carboxylic acids is 1. The summed E-state index contributed by atoms with van der Waals surface area (Å²) in [6.07, 6.45) is 3.46. The van der Waals surface area contributed by atoms with Gasteiger partial charge in [-0.25, -0.2) is 0 Å². The molecule has 1 aliphatic carbocycles. The van der Waals surface area contributed by atoms with Gasteiger partial charge >= 0.3 is 5.97 Å². The van der Waals surface area contributed by atoms with E-state index in [-0.39, 0.29) is 5.41 Å². The molecule has 2 aromatic rings. The Morgan fingerprint density at radius 3 is 2.28 bits per heavy atom. The highest BCUT2D eigenvalue weighted by Crippen LogP contribution is 2.53. The summed E-state index contributed by atoms with van der Waals surface area (Å²) in [6.45, 7) is 3.24. The Labute approximate surface area is 147 Å². The van der Waals surface area contributed by atoms with Crippen LogP contribution in [0.2, 0.25) is 0 Å². The number of aliphatic carboxylic acids is 1. The summed E-state index contributed by atoms with van der Waals surface area (Å²) in [5, 5.41) is 18.4. The summed E-state index contributed by atoms with van der Waals surface area (Å²) in [6, 6.07) is 10.5. The van der Waals surface area contributed by atoms with Crippen LogP contribution in [0.5, 0.6) is 0 Å². The van der Waals surface area contributed by atoms with Crippen molar-refractivity contribution in [2.45, 2.75) is 38.0 Å². The number of piperidine rings is 1. The van der Waals surface area contributed by atoms with Crippen LogP contribution in [-0.2, 0) is 17.3 Å². The minimum atomic E-state index is -0.702. The number of hydrogen-bond acceptors (Lipinski definition) is 4. The SMILES string of the molecule is Cn1c(N2CCC(C)(C(=O)O)CC2)nnc1C1(c2ccccc2)CC1. The van der Waals surface area contributed by atoms with E-state index in [0.717, 1.165) is 24.6 Å². The maximum Gasteiger partial charge on any atom is 0.309 e. The molecule has 0 atom stereocenters. The highest BCUT2D eigenvalue weighted by molar-refractivity contribution is 5.74. The molecule has 0 unspecified atom stereocenters. The van der Waals surface area contributed by atoms with Crippen LogP contribution in [0.25, 0.3) is 0 Å². The van der Waals surface area contributed by atoms with Crippen molar-refractivity contribution >= 4 is 11.9 Å². The Morgan fingerprint density at radius 2 is 1.72 bits per heavy atom. The lowest BCUT2D eigenvalue weighted by atomic mass is 9.80. The summed E-state index contributed by atoms with van der Waals surface area (Å²) in [4.78, 5) is 13.6. The van der Waals surface area contributed by atoms with Crippen LogP contribution in [0.1, 0.15) is 44.0 Å². The highest BCUT2D eigenvalue weighted by Gasteiger charge is 2.50. The van der Waals surface area contributed by atoms with E-state index in [4.69, 9.17) is 0 Å². The molecule has 0 amide bonds. The van der Waals surface area contributed by atoms with Gasteiger partial charge in [0, 0.05) is 20.1 Å². The van der Waals surface area contributed by atoms with Crippen LogP contribution in [0.3, 0.4) is 0 Å². The van der Waals surface area contributed by atoms with Gasteiger partial charge in [0.25, 0.3) is 0 Å². The molecule has 6 heteroatoms. The molecule has 0 bridgehead atoms. The van der Waals surface area contributed by atoms with Crippen LogP contribution in [0.4, 0.5) is 5.95 Å². The van der Waals surface area contributed by atoms with Crippen molar-refractivity contribution in [2.75, 3.05) is 18.0 Å². The molecule has 0 radical (unpaired) electrons. The number of aromatic nitrogens is 3. The molecule has 1 saturated carbocycles. The van der Waals surface area contributed by atoms with Crippen LogP contribution < -0.4 is 4.90 Å². The fourth-order valence-corrected chi connectivity index (χ4v) is 3.95. The summed E-state index contributed by atoms with van der Waals surface area (Å²) in [7, 11) is 2.03. The van der Waals surface area contributed by atoms with Crippen LogP contribution in [0, 0.1) is 5.41 Å². The predicted octanol–water partition coefficient (Wildman–Crippen LogP) is 2.59. The number of anilines is 1. The maximum absolute atomic E-state index is 11.4. The third kappa shape index (κ3) is 2.51. The molecule has 1 aromatic carbocycles. The van der Waals surface area contributed by atoms with E-state index < -0.39 is 11.4 Å². The number of carboxylic acid groups (broad SMARTS) is 1. The molecule has 2 fully saturated rings. The van der Waals surface area contributed by atoms with Crippen molar-refractivity contribution in [3.8, 4) is 0 Å². The van der Waals surface area contributed by atoms with Crippen molar-refractivity contribution < 1.29 is 9.90 Å². The highest BCUT2D eigenvalue weighted by atomic mass is 16.4. The molecule has 0 spiro atoms. The smallest absolute Gasteiger partial charge is 0.309 e. The van der Waals surface area contributed by atoms with Crippen molar-refractivity contribution in [3.05, 3.63) is 41.7 Å². The number of hydrogen-bond donors (Lipinski definition) is 1. The first-order chi connectivity index (χ1) is 12.0. The third-order valence-corrected chi connectivity index (χ3v) is 6.02. The van der Waals surface area contributed by atoms with Crippen molar-refractivity contribution in [3.63, 3.8) is 0 Å². The van der Waals surface area contributed by atoms with Crippen molar-refractivity contribution in [1.29, 1.82) is 0 Å². The summed E-state index contributed by atoms with van der Waals surface area (Å²) < 4.78 is 2.10. The van der Waals surface area contributed by atoms with Crippen molar-refractivity contribution in [1.82, 2.24) is 14.8 Å². The molecule has 132 valence electrons. The zero-order valence-corrected chi connectivity index (χ0v) is 14.8. The zero-order valence-electron chi connectivity index (χ0n) is 14.8. The summed E-state index contributed by atoms with van der Waals surface area (Å²) >= 11 is 0. The molecule has 1 saturated heterocycles. The largest absolute Gasteiger partial charge is 0.481 e. The van der Waals surface area contributed by atoms with Gasteiger partial charge in [-0.05, 0) is 38.2 Å². The van der Waals surface area contributed by atoms with E-state index >= 15 is 0 Å². The standard InChI is InChI=1S/C19H24N4O2/c1-18(16(24)25)10-12-23(13-11-18)17-21-20-15(22(17)2)19(8-9-19)14-6-4-3-5-7-14/h3-7H,8-13H2,1-2H3,(H,24,25). The van der Waals surface area contributed by atoms with Crippen LogP contribution in [-0.4, -0.2) is 38.9 Å². The van der Waals surface area contributed by atoms with Gasteiger partial charge in [-0.15, -0.1) is 10.2 Å². The van der Waals surface area contributed by atoms with E-state index in [0.29, 0.717) is 25.9 Å². The Hall–Kier alpha value is -2.37. The molecular weight excluding hydrogens is 316 g/mol. The van der Waals surface area contributed by atoms with E-state index in [1.165, 1.54) is 5.56 Å². The fraction of sp³-hybridized carbons (Fsp3) is 0.526. The lowest BCUT2D eigenvalue weighted by Crippen LogP contribution is -2.43. The third-order valence-electron chi connectivity index (χ3n) is 6.02. The average molecular weight is 340 g/mol. The lowest BCUT2D eigenvalue weighted by molar-refractivity contribution is -0.149. The summed E-state index contributed by atoms with van der Waals surface area (Å²) in [5.74, 6) is 1.16. The number of nitrogens with zero attached hydrogens (tertiary/aromatic N) is 4. The molecule has 25 heavy (non-hydrogen) atoms. The Bertz CT molecular complexity index is 787. The van der Waals surface area contributed by atoms with Gasteiger partial charge < -0.3 is 10.0 Å². The van der Waals surface area contributed by atoms with Crippen LogP contribution in [0.15, 0.2) is 30.3 Å². The quantitative estimate of drug-likeness (QED) is 0.926. The first kappa shape index (κ1) is 16.1. The summed E-state index contributed by atoms with van der Waals surface area (Å²) in [5.41, 5.74) is 0.667. The molecule has 2 heterocycles. The lowest BCUT2D eigenvalue weighted by Gasteiger charge is -2.36. The van der Waals surface area contributed by atoms with E-state index in [2.05, 4.69) is 43.9 Å². The van der Waals surface area contributed by atoms with Crippen LogP contribution >= 0.6 is 0 Å². The Kier molecular flexibility index (Phi) is 3.60. The number of benzene rings is 1. The maximum atomic E-state index is 11.4. The Morgan fingerprint density at radius 1 is 1.08 bits per heavy atom. The topological polar surface area (TPSA) is 71.2 Å². The number of rotatable bonds is 4. The minimum Gasteiger partial charge on any atom is -0.481 e. The van der Waals surface area contributed by atoms with E-state index in [1.807, 2.05) is 20.0 Å². The molecular formula is C19H24N4O2. The van der Waals surface area contributed by atoms with Gasteiger partial charge in [0.15, 0.2) is 0 Å². The van der Waals surface area contributed by atoms with Gasteiger partial charge in [0.1, 0.15) is 5.82 Å². The zero-order chi connectivity index (χ0) is 17.7. The fourth-order valence-electron chi connectivity index (χ4n) is 3.95. The van der Waals surface area contributed by atoms with E-state index in [1.54, 1.807) is 0 Å². The first-order valence-corrected chi connectivity index (χ1v) is 8.90. The van der Waals surface area contributed by atoms with Gasteiger partial charge in [0.05, 0.1) is 10.8 Å². The minimum absolute atomic E-state index is 0.00732. The normalized spacial score (nSPS) is 21.1. The van der Waals surface area contributed by atoms with Crippen molar-refractivity contribution in [2.24, 2.45) is 12.5 Å². The Balaban J connectivity index is 1.58. The monoisotopic (exact) mass is 340 g/mol. The first-order valence-electron chi connectivity index (χ1n) is 8.90. The molecule has 4 rings (SSSR count). The van der Waals surface area contributed by atoms with Gasteiger partial charge in [-0.2, -0.15) is 0 Å². The average Bonchev–Trinajstić information content (AvgIpc) is 3.34. The second-order valence-corrected chi connectivity index (χ2v) is 7.68. The molecule has 1 N–H and O–H groups in total. The second-order valence-electron chi connectivity index (χ2n) is 7.68. The molecule has 1 aliphatic heterocycles. The predicted molar refractivity (Wildman–Crippen MR) is 94.6 cm³/mol. The van der Waals surface area contributed by atoms with Gasteiger partial charge in [-0.1, -0.05) is 30.3 Å². The van der Waals surface area contributed by atoms with Gasteiger partial charge in [-0.3, -0.25) is 9.36 Å². The van der Waals surface area contributed by atoms with E-state index in [9.17, 15) is 9.90 Å². The number of carbonyl (C=O) groups is 1. The molecule has 1 aromatic heterocycles. The van der Waals surface area contributed by atoms with Gasteiger partial charge in [0.2, 0.25) is 5.95 Å².